The van der Waals surface area contributed by atoms with Crippen molar-refractivity contribution in [3.63, 3.8) is 0 Å². The van der Waals surface area contributed by atoms with Gasteiger partial charge in [0, 0.05) is 24.9 Å². The lowest BCUT2D eigenvalue weighted by molar-refractivity contribution is 0.904. The number of fused-ring (bicyclic) bond motifs is 1. The zero-order valence-corrected chi connectivity index (χ0v) is 13.5. The molecule has 23 heavy (non-hydrogen) atoms. The van der Waals surface area contributed by atoms with Gasteiger partial charge in [0.05, 0.1) is 5.52 Å². The molecule has 3 aromatic rings. The van der Waals surface area contributed by atoms with E-state index in [9.17, 15) is 0 Å². The van der Waals surface area contributed by atoms with Crippen molar-refractivity contribution < 1.29 is 0 Å². The zero-order chi connectivity index (χ0) is 15.6. The van der Waals surface area contributed by atoms with Crippen LogP contribution < -0.4 is 4.90 Å². The molecule has 2 heterocycles. The minimum atomic E-state index is 0.790. The lowest BCUT2D eigenvalue weighted by Crippen LogP contribution is -2.20. The molecule has 0 amide bonds. The summed E-state index contributed by atoms with van der Waals surface area (Å²) in [5, 5.41) is 1.17. The van der Waals surface area contributed by atoms with Crippen LogP contribution in [-0.4, -0.2) is 23.1 Å². The first kappa shape index (κ1) is 14.2. The molecule has 3 heteroatoms. The highest BCUT2D eigenvalue weighted by molar-refractivity contribution is 5.89. The van der Waals surface area contributed by atoms with Gasteiger partial charge < -0.3 is 4.90 Å². The summed E-state index contributed by atoms with van der Waals surface area (Å²) in [5.74, 6) is 2.02. The topological polar surface area (TPSA) is 29.0 Å². The maximum atomic E-state index is 4.93. The number of anilines is 1. The smallest absolute Gasteiger partial charge is 0.140 e. The van der Waals surface area contributed by atoms with Gasteiger partial charge in [-0.3, -0.25) is 0 Å². The van der Waals surface area contributed by atoms with Crippen LogP contribution >= 0.6 is 0 Å². The highest BCUT2D eigenvalue weighted by atomic mass is 15.2. The van der Waals surface area contributed by atoms with E-state index in [0.717, 1.165) is 36.7 Å². The first-order valence-electron chi connectivity index (χ1n) is 8.36. The molecule has 1 aliphatic heterocycles. The summed E-state index contributed by atoms with van der Waals surface area (Å²) < 4.78 is 0. The van der Waals surface area contributed by atoms with Crippen molar-refractivity contribution in [1.29, 1.82) is 0 Å². The quantitative estimate of drug-likeness (QED) is 0.728. The van der Waals surface area contributed by atoms with Gasteiger partial charge in [-0.1, -0.05) is 36.4 Å². The van der Waals surface area contributed by atoms with Gasteiger partial charge in [-0.05, 0) is 43.0 Å². The summed E-state index contributed by atoms with van der Waals surface area (Å²) in [7, 11) is 0. The van der Waals surface area contributed by atoms with Crippen LogP contribution in [0.15, 0.2) is 48.5 Å². The van der Waals surface area contributed by atoms with E-state index in [1.165, 1.54) is 29.4 Å². The van der Waals surface area contributed by atoms with E-state index in [1.807, 2.05) is 0 Å². The molecule has 0 saturated carbocycles. The monoisotopic (exact) mass is 303 g/mol. The minimum Gasteiger partial charge on any atom is -0.356 e. The summed E-state index contributed by atoms with van der Waals surface area (Å²) in [6.07, 6.45) is 3.30. The molecule has 4 rings (SSSR count). The van der Waals surface area contributed by atoms with Gasteiger partial charge in [0.15, 0.2) is 0 Å². The van der Waals surface area contributed by atoms with Crippen molar-refractivity contribution in [2.45, 2.75) is 26.2 Å². The molecule has 0 unspecified atom stereocenters. The summed E-state index contributed by atoms with van der Waals surface area (Å²) in [6.45, 7) is 4.35. The Kier molecular flexibility index (Phi) is 3.70. The van der Waals surface area contributed by atoms with E-state index in [0.29, 0.717) is 0 Å². The highest BCUT2D eigenvalue weighted by Gasteiger charge is 2.18. The molecule has 1 saturated heterocycles. The fourth-order valence-corrected chi connectivity index (χ4v) is 3.33. The SMILES string of the molecule is Cc1ccccc1Cc1nc(N2CCCC2)c2ccccc2n1. The number of aromatic nitrogens is 2. The van der Waals surface area contributed by atoms with Crippen LogP contribution in [-0.2, 0) is 6.42 Å². The second-order valence-electron chi connectivity index (χ2n) is 6.28. The largest absolute Gasteiger partial charge is 0.356 e. The van der Waals surface area contributed by atoms with Crippen molar-refractivity contribution in [2.75, 3.05) is 18.0 Å². The molecule has 0 N–H and O–H groups in total. The third-order valence-electron chi connectivity index (χ3n) is 4.64. The van der Waals surface area contributed by atoms with Gasteiger partial charge in [0.25, 0.3) is 0 Å². The Morgan fingerprint density at radius 2 is 1.65 bits per heavy atom. The van der Waals surface area contributed by atoms with Gasteiger partial charge in [-0.2, -0.15) is 0 Å². The van der Waals surface area contributed by atoms with Crippen LogP contribution in [0.5, 0.6) is 0 Å². The normalized spacial score (nSPS) is 14.6. The zero-order valence-electron chi connectivity index (χ0n) is 13.5. The van der Waals surface area contributed by atoms with Gasteiger partial charge in [-0.25, -0.2) is 9.97 Å². The molecule has 2 aromatic carbocycles. The molecule has 116 valence electrons. The minimum absolute atomic E-state index is 0.790. The van der Waals surface area contributed by atoms with E-state index >= 15 is 0 Å². The van der Waals surface area contributed by atoms with E-state index < -0.39 is 0 Å². The number of hydrogen-bond donors (Lipinski definition) is 0. The summed E-state index contributed by atoms with van der Waals surface area (Å²) >= 11 is 0. The van der Waals surface area contributed by atoms with Crippen LogP contribution in [0.25, 0.3) is 10.9 Å². The molecular formula is C20H21N3. The molecule has 0 atom stereocenters. The Balaban J connectivity index is 1.79. The van der Waals surface area contributed by atoms with Gasteiger partial charge in [0.2, 0.25) is 0 Å². The lowest BCUT2D eigenvalue weighted by Gasteiger charge is -2.19. The van der Waals surface area contributed by atoms with E-state index in [2.05, 4.69) is 60.4 Å². The van der Waals surface area contributed by atoms with Gasteiger partial charge in [0.1, 0.15) is 11.6 Å². The highest BCUT2D eigenvalue weighted by Crippen LogP contribution is 2.27. The van der Waals surface area contributed by atoms with Crippen LogP contribution in [0.1, 0.15) is 29.8 Å². The van der Waals surface area contributed by atoms with E-state index in [1.54, 1.807) is 0 Å². The molecular weight excluding hydrogens is 282 g/mol. The Morgan fingerprint density at radius 1 is 0.913 bits per heavy atom. The molecule has 1 aliphatic rings. The molecule has 0 bridgehead atoms. The van der Waals surface area contributed by atoms with Crippen molar-refractivity contribution in [1.82, 2.24) is 9.97 Å². The van der Waals surface area contributed by atoms with Crippen LogP contribution in [0.2, 0.25) is 0 Å². The maximum Gasteiger partial charge on any atom is 0.140 e. The van der Waals surface area contributed by atoms with E-state index in [-0.39, 0.29) is 0 Å². The molecule has 1 fully saturated rings. The van der Waals surface area contributed by atoms with Crippen molar-refractivity contribution in [3.8, 4) is 0 Å². The number of benzene rings is 2. The molecule has 0 aliphatic carbocycles. The Morgan fingerprint density at radius 3 is 2.48 bits per heavy atom. The number of rotatable bonds is 3. The number of hydrogen-bond acceptors (Lipinski definition) is 3. The Bertz CT molecular complexity index is 835. The average molecular weight is 303 g/mol. The summed E-state index contributed by atoms with van der Waals surface area (Å²) in [5.41, 5.74) is 3.65. The predicted molar refractivity (Wildman–Crippen MR) is 95.0 cm³/mol. The maximum absolute atomic E-state index is 4.93. The van der Waals surface area contributed by atoms with Gasteiger partial charge >= 0.3 is 0 Å². The van der Waals surface area contributed by atoms with E-state index in [4.69, 9.17) is 9.97 Å². The number of aryl methyl sites for hydroxylation is 1. The van der Waals surface area contributed by atoms with Crippen molar-refractivity contribution in [3.05, 3.63) is 65.5 Å². The van der Waals surface area contributed by atoms with Gasteiger partial charge in [-0.15, -0.1) is 0 Å². The molecule has 0 spiro atoms. The lowest BCUT2D eigenvalue weighted by atomic mass is 10.1. The van der Waals surface area contributed by atoms with Crippen LogP contribution in [0.4, 0.5) is 5.82 Å². The standard InChI is InChI=1S/C20H21N3/c1-15-8-2-3-9-16(15)14-19-21-18-11-5-4-10-17(18)20(22-19)23-12-6-7-13-23/h2-5,8-11H,6-7,12-14H2,1H3. The fourth-order valence-electron chi connectivity index (χ4n) is 3.33. The summed E-state index contributed by atoms with van der Waals surface area (Å²) in [6, 6.07) is 16.9. The second kappa shape index (κ2) is 5.99. The number of nitrogens with zero attached hydrogens (tertiary/aromatic N) is 3. The number of para-hydroxylation sites is 1. The first-order chi connectivity index (χ1) is 11.3. The third kappa shape index (κ3) is 2.79. The molecule has 1 aromatic heterocycles. The van der Waals surface area contributed by atoms with Crippen molar-refractivity contribution >= 4 is 16.7 Å². The Labute approximate surface area is 137 Å². The molecule has 3 nitrogen and oxygen atoms in total. The second-order valence-corrected chi connectivity index (χ2v) is 6.28. The predicted octanol–water partition coefficient (Wildman–Crippen LogP) is 4.13. The van der Waals surface area contributed by atoms with Crippen LogP contribution in [0.3, 0.4) is 0 Å². The van der Waals surface area contributed by atoms with Crippen molar-refractivity contribution in [2.24, 2.45) is 0 Å². The Hall–Kier alpha value is -2.42. The summed E-state index contributed by atoms with van der Waals surface area (Å²) in [4.78, 5) is 12.1. The third-order valence-corrected chi connectivity index (χ3v) is 4.64. The molecule has 0 radical (unpaired) electrons. The fraction of sp³-hybridized carbons (Fsp3) is 0.300. The van der Waals surface area contributed by atoms with Crippen LogP contribution in [0, 0.1) is 6.92 Å². The average Bonchev–Trinajstić information content (AvgIpc) is 3.11. The first-order valence-corrected chi connectivity index (χ1v) is 8.36.